The molecule has 0 atom stereocenters. The maximum Gasteiger partial charge on any atom is 0.0714 e. The third-order valence-electron chi connectivity index (χ3n) is 12.6. The minimum atomic E-state index is -0.515. The summed E-state index contributed by atoms with van der Waals surface area (Å²) in [6, 6.07) is 57.7. The van der Waals surface area contributed by atoms with Crippen LogP contribution in [0, 0.1) is 0 Å². The Balaban J connectivity index is 0.00000213. The van der Waals surface area contributed by atoms with Gasteiger partial charge in [-0.1, -0.05) is 154 Å². The fraction of sp³-hybridized carbons (Fsp3) is 0.138. The van der Waals surface area contributed by atoms with Gasteiger partial charge in [0.25, 0.3) is 0 Å². The molecule has 2 aromatic heterocycles. The van der Waals surface area contributed by atoms with Crippen LogP contribution >= 0.6 is 11.3 Å². The smallest absolute Gasteiger partial charge is 0.0714 e. The maximum absolute atomic E-state index is 2.51. The molecule has 0 fully saturated rings. The van der Waals surface area contributed by atoms with Gasteiger partial charge in [-0.2, -0.15) is 0 Å². The molecule has 0 saturated heterocycles. The van der Waals surface area contributed by atoms with Crippen LogP contribution in [0.4, 0.5) is 0 Å². The number of rotatable bonds is 7. The number of hydrogen-bond acceptors (Lipinski definition) is 1. The molecule has 0 amide bonds. The molecule has 0 bridgehead atoms. The highest BCUT2D eigenvalue weighted by Gasteiger charge is 2.46. The van der Waals surface area contributed by atoms with Gasteiger partial charge in [-0.15, -0.1) is 11.3 Å². The van der Waals surface area contributed by atoms with E-state index in [1.54, 1.807) is 0 Å². The third-order valence-corrected chi connectivity index (χ3v) is 13.7. The van der Waals surface area contributed by atoms with Gasteiger partial charge in [0.1, 0.15) is 0 Å². The highest BCUT2D eigenvalue weighted by Crippen LogP contribution is 2.58. The standard InChI is InChI=1S/C56H43NS.C2H6/c1-3-5-17-37(4-2)39-26-30-52-47(32-39)48-33-40(38-18-9-6-10-19-38)27-31-53(48)57(52)43-28-29-44-46-35-49-45-24-15-16-25-54(45)58-55(49)36-51(46)56(50(44)34-43,41-20-11-7-12-21-41)42-22-13-8-14-23-42;1-2/h4-5,7-9,11-36H,3,6,10H2,1-2H3;1-2H3/b17-5-,37-4+;. The maximum atomic E-state index is 2.51. The first-order chi connectivity index (χ1) is 29.7. The average molecular weight is 792 g/mol. The zero-order valence-corrected chi connectivity index (χ0v) is 35.7. The molecule has 0 saturated carbocycles. The molecule has 2 aliphatic carbocycles. The van der Waals surface area contributed by atoms with Crippen molar-refractivity contribution in [3.05, 3.63) is 221 Å². The van der Waals surface area contributed by atoms with Crippen molar-refractivity contribution in [3.8, 4) is 16.8 Å². The topological polar surface area (TPSA) is 4.93 Å². The van der Waals surface area contributed by atoms with E-state index in [-0.39, 0.29) is 0 Å². The molecular weight excluding hydrogens is 743 g/mol. The van der Waals surface area contributed by atoms with E-state index in [2.05, 4.69) is 207 Å². The second-order valence-corrected chi connectivity index (χ2v) is 16.8. The fourth-order valence-corrected chi connectivity index (χ4v) is 11.1. The second-order valence-electron chi connectivity index (χ2n) is 15.7. The van der Waals surface area contributed by atoms with Crippen LogP contribution in [0.3, 0.4) is 0 Å². The summed E-state index contributed by atoms with van der Waals surface area (Å²) in [6.45, 7) is 8.34. The van der Waals surface area contributed by atoms with Gasteiger partial charge in [-0.3, -0.25) is 0 Å². The lowest BCUT2D eigenvalue weighted by atomic mass is 9.67. The van der Waals surface area contributed by atoms with Gasteiger partial charge in [-0.25, -0.2) is 0 Å². The van der Waals surface area contributed by atoms with E-state index in [0.29, 0.717) is 0 Å². The van der Waals surface area contributed by atoms with Crippen LogP contribution in [0.25, 0.3) is 69.9 Å². The summed E-state index contributed by atoms with van der Waals surface area (Å²) < 4.78 is 5.17. The van der Waals surface area contributed by atoms with Crippen molar-refractivity contribution >= 4 is 64.5 Å². The molecule has 292 valence electrons. The quantitative estimate of drug-likeness (QED) is 0.142. The van der Waals surface area contributed by atoms with Crippen LogP contribution in [0.2, 0.25) is 0 Å². The lowest BCUT2D eigenvalue weighted by Gasteiger charge is -2.34. The first-order valence-corrected chi connectivity index (χ1v) is 22.5. The normalized spacial score (nSPS) is 14.5. The molecule has 60 heavy (non-hydrogen) atoms. The van der Waals surface area contributed by atoms with Gasteiger partial charge in [0, 0.05) is 36.6 Å². The van der Waals surface area contributed by atoms with E-state index in [0.717, 1.165) is 19.3 Å². The molecule has 0 aliphatic heterocycles. The monoisotopic (exact) mass is 791 g/mol. The van der Waals surface area contributed by atoms with E-state index in [1.807, 2.05) is 25.2 Å². The van der Waals surface area contributed by atoms with E-state index < -0.39 is 5.41 Å². The van der Waals surface area contributed by atoms with Gasteiger partial charge in [-0.05, 0) is 136 Å². The Labute approximate surface area is 358 Å². The van der Waals surface area contributed by atoms with Crippen molar-refractivity contribution in [2.75, 3.05) is 0 Å². The van der Waals surface area contributed by atoms with Gasteiger partial charge in [0.2, 0.25) is 0 Å². The molecule has 0 spiro atoms. The molecule has 1 nitrogen and oxygen atoms in total. The molecule has 7 aromatic carbocycles. The number of hydrogen-bond donors (Lipinski definition) is 0. The van der Waals surface area contributed by atoms with Crippen LogP contribution in [0.5, 0.6) is 0 Å². The van der Waals surface area contributed by atoms with Crippen molar-refractivity contribution in [3.63, 3.8) is 0 Å². The van der Waals surface area contributed by atoms with Gasteiger partial charge in [0.15, 0.2) is 0 Å². The summed E-state index contributed by atoms with van der Waals surface area (Å²) in [7, 11) is 0. The summed E-state index contributed by atoms with van der Waals surface area (Å²) in [5, 5.41) is 5.21. The number of thiophene rings is 1. The number of benzene rings is 7. The Kier molecular flexibility index (Phi) is 9.82. The third kappa shape index (κ3) is 5.88. The predicted molar refractivity (Wildman–Crippen MR) is 262 cm³/mol. The highest BCUT2D eigenvalue weighted by atomic mass is 32.1. The zero-order chi connectivity index (χ0) is 40.8. The second kappa shape index (κ2) is 15.6. The molecule has 0 N–H and O–H groups in total. The number of nitrogens with zero attached hydrogens (tertiary/aromatic N) is 1. The Bertz CT molecular complexity index is 3160. The zero-order valence-electron chi connectivity index (χ0n) is 34.9. The van der Waals surface area contributed by atoms with Crippen molar-refractivity contribution in [2.45, 2.75) is 52.4 Å². The first kappa shape index (κ1) is 37.8. The van der Waals surface area contributed by atoms with Crippen LogP contribution in [0.1, 0.15) is 80.3 Å². The molecular formula is C58H49NS. The molecule has 11 rings (SSSR count). The predicted octanol–water partition coefficient (Wildman–Crippen LogP) is 16.6. The summed E-state index contributed by atoms with van der Waals surface area (Å²) >= 11 is 1.90. The van der Waals surface area contributed by atoms with Crippen LogP contribution < -0.4 is 0 Å². The Morgan fingerprint density at radius 3 is 2.05 bits per heavy atom. The Morgan fingerprint density at radius 1 is 0.633 bits per heavy atom. The van der Waals surface area contributed by atoms with Gasteiger partial charge >= 0.3 is 0 Å². The van der Waals surface area contributed by atoms with E-state index >= 15 is 0 Å². The minimum Gasteiger partial charge on any atom is -0.309 e. The van der Waals surface area contributed by atoms with Gasteiger partial charge in [0.05, 0.1) is 16.4 Å². The minimum absolute atomic E-state index is 0.515. The molecule has 0 radical (unpaired) electrons. The van der Waals surface area contributed by atoms with E-state index in [4.69, 9.17) is 0 Å². The molecule has 9 aromatic rings. The largest absolute Gasteiger partial charge is 0.309 e. The molecule has 0 unspecified atom stereocenters. The number of aromatic nitrogens is 1. The van der Waals surface area contributed by atoms with Crippen LogP contribution in [0.15, 0.2) is 188 Å². The van der Waals surface area contributed by atoms with Crippen molar-refractivity contribution in [1.82, 2.24) is 4.57 Å². The lowest BCUT2D eigenvalue weighted by molar-refractivity contribution is 0.769. The highest BCUT2D eigenvalue weighted by molar-refractivity contribution is 7.25. The molecule has 2 heterocycles. The number of allylic oxidation sites excluding steroid dienone is 8. The van der Waals surface area contributed by atoms with E-state index in [9.17, 15) is 0 Å². The fourth-order valence-electron chi connectivity index (χ4n) is 9.92. The van der Waals surface area contributed by atoms with E-state index in [1.165, 1.54) is 103 Å². The number of fused-ring (bicyclic) bond motifs is 9. The van der Waals surface area contributed by atoms with Crippen molar-refractivity contribution in [2.24, 2.45) is 0 Å². The average Bonchev–Trinajstić information content (AvgIpc) is 3.95. The SMILES string of the molecule is C/C=C(\C=C/CC)c1ccc2c(c1)c1cc(C3=CCCC=C3)ccc1n2-c1ccc2c(c1)C(c1ccccc1)(c1ccccc1)c1cc3sc4ccccc4c3cc1-2.CC. The Morgan fingerprint density at radius 2 is 1.33 bits per heavy atom. The lowest BCUT2D eigenvalue weighted by Crippen LogP contribution is -2.28. The molecule has 2 aliphatic rings. The molecule has 2 heteroatoms. The summed E-state index contributed by atoms with van der Waals surface area (Å²) in [4.78, 5) is 0. The van der Waals surface area contributed by atoms with Crippen molar-refractivity contribution < 1.29 is 0 Å². The van der Waals surface area contributed by atoms with Crippen molar-refractivity contribution in [1.29, 1.82) is 0 Å². The van der Waals surface area contributed by atoms with Gasteiger partial charge < -0.3 is 4.57 Å². The summed E-state index contributed by atoms with van der Waals surface area (Å²) in [6.07, 6.45) is 16.9. The Hall–Kier alpha value is -6.48. The van der Waals surface area contributed by atoms with Crippen LogP contribution in [-0.4, -0.2) is 4.57 Å². The van der Waals surface area contributed by atoms with Crippen LogP contribution in [-0.2, 0) is 5.41 Å². The summed E-state index contributed by atoms with van der Waals surface area (Å²) in [5.74, 6) is 0. The summed E-state index contributed by atoms with van der Waals surface area (Å²) in [5.41, 5.74) is 16.0. The first-order valence-electron chi connectivity index (χ1n) is 21.7.